The van der Waals surface area contributed by atoms with Gasteiger partial charge in [0.2, 0.25) is 0 Å². The zero-order valence-corrected chi connectivity index (χ0v) is 11.3. The smallest absolute Gasteiger partial charge is 0.283 e. The number of carbonyl (C=O) groups excluding carboxylic acids is 1. The van der Waals surface area contributed by atoms with Crippen LogP contribution < -0.4 is 0 Å². The summed E-state index contributed by atoms with van der Waals surface area (Å²) in [4.78, 5) is 22.4. The van der Waals surface area contributed by atoms with Crippen LogP contribution in [-0.4, -0.2) is 10.7 Å². The highest BCUT2D eigenvalue weighted by molar-refractivity contribution is 14.1. The predicted octanol–water partition coefficient (Wildman–Crippen LogP) is 3.43. The molecule has 0 radical (unpaired) electrons. The number of carbonyl (C=O) groups is 1. The summed E-state index contributed by atoms with van der Waals surface area (Å²) in [7, 11) is 0. The van der Waals surface area contributed by atoms with Crippen molar-refractivity contribution in [1.29, 1.82) is 0 Å². The van der Waals surface area contributed by atoms with Gasteiger partial charge in [-0.05, 0) is 34.7 Å². The van der Waals surface area contributed by atoms with E-state index in [2.05, 4.69) is 0 Å². The summed E-state index contributed by atoms with van der Waals surface area (Å²) >= 11 is 1.88. The summed E-state index contributed by atoms with van der Waals surface area (Å²) in [5.74, 6) is -0.213. The Morgan fingerprint density at radius 3 is 2.33 bits per heavy atom. The molecule has 0 saturated carbocycles. The van der Waals surface area contributed by atoms with Crippen molar-refractivity contribution in [2.45, 2.75) is 0 Å². The normalized spacial score (nSPS) is 10.1. The second-order valence-corrected chi connectivity index (χ2v) is 4.78. The van der Waals surface area contributed by atoms with Gasteiger partial charge < -0.3 is 0 Å². The number of nitrogens with zero attached hydrogens (tertiary/aromatic N) is 1. The van der Waals surface area contributed by atoms with Gasteiger partial charge in [-0.25, -0.2) is 0 Å². The van der Waals surface area contributed by atoms with Crippen molar-refractivity contribution in [2.24, 2.45) is 0 Å². The fourth-order valence-corrected chi connectivity index (χ4v) is 2.08. The number of halogens is 1. The number of hydrogen-bond acceptors (Lipinski definition) is 3. The molecule has 0 N–H and O–H groups in total. The maximum absolute atomic E-state index is 12.1. The molecule has 0 saturated heterocycles. The van der Waals surface area contributed by atoms with Gasteiger partial charge in [0.25, 0.3) is 5.69 Å². The minimum absolute atomic E-state index is 0.0441. The largest absolute Gasteiger partial charge is 0.289 e. The Hall–Kier alpha value is -1.76. The summed E-state index contributed by atoms with van der Waals surface area (Å²) in [5, 5.41) is 10.8. The highest BCUT2D eigenvalue weighted by Gasteiger charge is 2.16. The first-order valence-corrected chi connectivity index (χ1v) is 6.21. The van der Waals surface area contributed by atoms with Gasteiger partial charge in [0.05, 0.1) is 8.49 Å². The first-order valence-electron chi connectivity index (χ1n) is 5.13. The number of ketones is 1. The molecule has 0 atom stereocenters. The van der Waals surface area contributed by atoms with Gasteiger partial charge in [-0.15, -0.1) is 0 Å². The lowest BCUT2D eigenvalue weighted by Crippen LogP contribution is -2.02. The number of benzene rings is 2. The lowest BCUT2D eigenvalue weighted by atomic mass is 10.0. The third-order valence-corrected chi connectivity index (χ3v) is 3.35. The molecule has 0 aliphatic rings. The van der Waals surface area contributed by atoms with Crippen LogP contribution in [0, 0.1) is 13.7 Å². The molecule has 0 fully saturated rings. The Morgan fingerprint density at radius 2 is 1.72 bits per heavy atom. The number of rotatable bonds is 3. The van der Waals surface area contributed by atoms with E-state index in [9.17, 15) is 14.9 Å². The number of nitro benzene ring substituents is 1. The van der Waals surface area contributed by atoms with Crippen LogP contribution in [0.5, 0.6) is 0 Å². The predicted molar refractivity (Wildman–Crippen MR) is 75.7 cm³/mol. The van der Waals surface area contributed by atoms with Crippen LogP contribution in [0.3, 0.4) is 0 Å². The second-order valence-electron chi connectivity index (χ2n) is 3.62. The van der Waals surface area contributed by atoms with Crippen LogP contribution in [0.4, 0.5) is 5.69 Å². The molecular weight excluding hydrogens is 345 g/mol. The second kappa shape index (κ2) is 5.26. The topological polar surface area (TPSA) is 60.2 Å². The van der Waals surface area contributed by atoms with Crippen LogP contribution in [0.25, 0.3) is 0 Å². The molecule has 0 heterocycles. The Kier molecular flexibility index (Phi) is 3.71. The average molecular weight is 353 g/mol. The van der Waals surface area contributed by atoms with Gasteiger partial charge in [-0.2, -0.15) is 0 Å². The third kappa shape index (κ3) is 2.56. The maximum Gasteiger partial charge on any atom is 0.283 e. The molecule has 0 aromatic heterocycles. The van der Waals surface area contributed by atoms with E-state index in [-0.39, 0.29) is 11.5 Å². The van der Waals surface area contributed by atoms with Crippen LogP contribution in [0.2, 0.25) is 0 Å². The molecule has 0 unspecified atom stereocenters. The number of nitro groups is 1. The molecular formula is C13H8INO3. The number of hydrogen-bond donors (Lipinski definition) is 0. The molecule has 2 aromatic carbocycles. The van der Waals surface area contributed by atoms with Gasteiger partial charge in [-0.1, -0.05) is 30.3 Å². The summed E-state index contributed by atoms with van der Waals surface area (Å²) in [6, 6.07) is 13.2. The summed E-state index contributed by atoms with van der Waals surface area (Å²) in [6.45, 7) is 0. The van der Waals surface area contributed by atoms with Crippen molar-refractivity contribution >= 4 is 34.1 Å². The van der Waals surface area contributed by atoms with Gasteiger partial charge >= 0.3 is 0 Å². The van der Waals surface area contributed by atoms with E-state index >= 15 is 0 Å². The van der Waals surface area contributed by atoms with Crippen molar-refractivity contribution in [2.75, 3.05) is 0 Å². The van der Waals surface area contributed by atoms with Gasteiger partial charge in [0.1, 0.15) is 0 Å². The van der Waals surface area contributed by atoms with E-state index < -0.39 is 4.92 Å². The first kappa shape index (κ1) is 12.7. The average Bonchev–Trinajstić information content (AvgIpc) is 2.39. The zero-order valence-electron chi connectivity index (χ0n) is 9.17. The first-order chi connectivity index (χ1) is 8.59. The Morgan fingerprint density at radius 1 is 1.06 bits per heavy atom. The minimum Gasteiger partial charge on any atom is -0.289 e. The lowest BCUT2D eigenvalue weighted by molar-refractivity contribution is -0.385. The van der Waals surface area contributed by atoms with Crippen molar-refractivity contribution in [3.05, 3.63) is 73.3 Å². The Balaban J connectivity index is 2.44. The summed E-state index contributed by atoms with van der Waals surface area (Å²) in [6.07, 6.45) is 0. The van der Waals surface area contributed by atoms with Crippen molar-refractivity contribution < 1.29 is 9.72 Å². The van der Waals surface area contributed by atoms with E-state index in [1.54, 1.807) is 36.4 Å². The SMILES string of the molecule is O=C(c1ccccc1)c1ccc(I)c([N+](=O)[O-])c1. The molecule has 0 spiro atoms. The molecule has 0 aliphatic carbocycles. The summed E-state index contributed by atoms with van der Waals surface area (Å²) in [5.41, 5.74) is 0.804. The molecule has 18 heavy (non-hydrogen) atoms. The highest BCUT2D eigenvalue weighted by Crippen LogP contribution is 2.23. The van der Waals surface area contributed by atoms with Gasteiger partial charge in [-0.3, -0.25) is 14.9 Å². The van der Waals surface area contributed by atoms with Crippen LogP contribution in [-0.2, 0) is 0 Å². The fourth-order valence-electron chi connectivity index (χ4n) is 1.55. The monoisotopic (exact) mass is 353 g/mol. The van der Waals surface area contributed by atoms with E-state index in [1.807, 2.05) is 28.7 Å². The highest BCUT2D eigenvalue weighted by atomic mass is 127. The molecule has 0 aliphatic heterocycles. The molecule has 0 amide bonds. The van der Waals surface area contributed by atoms with Crippen LogP contribution in [0.1, 0.15) is 15.9 Å². The molecule has 2 rings (SSSR count). The summed E-state index contributed by atoms with van der Waals surface area (Å²) < 4.78 is 0.516. The standard InChI is InChI=1S/C13H8INO3/c14-11-7-6-10(8-12(11)15(17)18)13(16)9-4-2-1-3-5-9/h1-8H. The van der Waals surface area contributed by atoms with Crippen molar-refractivity contribution in [3.8, 4) is 0 Å². The van der Waals surface area contributed by atoms with E-state index in [4.69, 9.17) is 0 Å². The zero-order chi connectivity index (χ0) is 13.1. The fraction of sp³-hybridized carbons (Fsp3) is 0. The van der Waals surface area contributed by atoms with E-state index in [0.29, 0.717) is 14.7 Å². The molecule has 4 nitrogen and oxygen atoms in total. The lowest BCUT2D eigenvalue weighted by Gasteiger charge is -2.02. The molecule has 0 bridgehead atoms. The third-order valence-electron chi connectivity index (χ3n) is 2.44. The van der Waals surface area contributed by atoms with Crippen LogP contribution in [0.15, 0.2) is 48.5 Å². The molecule has 5 heteroatoms. The van der Waals surface area contributed by atoms with E-state index in [1.165, 1.54) is 6.07 Å². The maximum atomic E-state index is 12.1. The minimum atomic E-state index is -0.483. The quantitative estimate of drug-likeness (QED) is 0.368. The van der Waals surface area contributed by atoms with E-state index in [0.717, 1.165) is 0 Å². The Labute approximate surface area is 117 Å². The van der Waals surface area contributed by atoms with Crippen LogP contribution >= 0.6 is 22.6 Å². The Bertz CT molecular complexity index is 611. The molecule has 2 aromatic rings. The van der Waals surface area contributed by atoms with Gasteiger partial charge in [0, 0.05) is 17.2 Å². The van der Waals surface area contributed by atoms with Crippen molar-refractivity contribution in [1.82, 2.24) is 0 Å². The van der Waals surface area contributed by atoms with Crippen molar-refractivity contribution in [3.63, 3.8) is 0 Å². The molecule has 90 valence electrons. The van der Waals surface area contributed by atoms with Gasteiger partial charge in [0.15, 0.2) is 5.78 Å².